The van der Waals surface area contributed by atoms with Gasteiger partial charge >= 0.3 is 30.5 Å². The Kier molecular flexibility index (Phi) is 17.3. The quantitative estimate of drug-likeness (QED) is 0.0303. The summed E-state index contributed by atoms with van der Waals surface area (Å²) in [4.78, 5) is 33.9. The van der Waals surface area contributed by atoms with E-state index in [9.17, 15) is 26.3 Å². The van der Waals surface area contributed by atoms with Gasteiger partial charge in [-0.3, -0.25) is 9.97 Å². The van der Waals surface area contributed by atoms with Crippen molar-refractivity contribution in [1.82, 2.24) is 34.9 Å². The second-order valence-electron chi connectivity index (χ2n) is 16.3. The molecule has 23 heteroatoms. The van der Waals surface area contributed by atoms with Crippen molar-refractivity contribution < 1.29 is 77.2 Å². The summed E-state index contributed by atoms with van der Waals surface area (Å²) in [5.41, 5.74) is 1.54. The molecule has 0 unspecified atom stereocenters. The monoisotopic (exact) mass is 1150 g/mol. The molecule has 0 atom stereocenters. The minimum atomic E-state index is -6.09. The summed E-state index contributed by atoms with van der Waals surface area (Å²) in [7, 11) is -12.2. The van der Waals surface area contributed by atoms with Gasteiger partial charge in [-0.2, -0.15) is 26.3 Å². The predicted octanol–water partition coefficient (Wildman–Crippen LogP) is 11.9. The van der Waals surface area contributed by atoms with Gasteiger partial charge in [-0.15, -0.1) is 0 Å². The number of alkyl halides is 6. The molecule has 7 heterocycles. The average molecular weight is 1150 g/mol. The molecule has 0 radical (unpaired) electrons. The summed E-state index contributed by atoms with van der Waals surface area (Å²) in [5.74, 6) is 0. The predicted molar refractivity (Wildman–Crippen MR) is 281 cm³/mol. The number of fused-ring (bicyclic) bond motifs is 7. The Labute approximate surface area is 452 Å². The number of para-hydroxylation sites is 4. The van der Waals surface area contributed by atoms with Gasteiger partial charge in [-0.1, -0.05) is 115 Å². The first-order chi connectivity index (χ1) is 36.2. The maximum Gasteiger partial charge on any atom is 2.00 e. The van der Waals surface area contributed by atoms with E-state index < -0.39 is 31.3 Å². The molecule has 0 saturated heterocycles. The molecule has 12 aromatic rings. The van der Waals surface area contributed by atoms with Crippen molar-refractivity contribution in [3.05, 3.63) is 200 Å². The van der Waals surface area contributed by atoms with Gasteiger partial charge in [-0.05, 0) is 72.8 Å². The van der Waals surface area contributed by atoms with E-state index in [0.717, 1.165) is 111 Å². The smallest absolute Gasteiger partial charge is 0.741 e. The summed E-state index contributed by atoms with van der Waals surface area (Å²) < 4.78 is 118. The fraction of sp³-hybridized carbons (Fsp3) is 0.0364. The van der Waals surface area contributed by atoms with Crippen LogP contribution in [0, 0.1) is 0 Å². The minimum Gasteiger partial charge on any atom is -0.741 e. The number of halogens is 6. The first-order valence-electron chi connectivity index (χ1n) is 22.4. The van der Waals surface area contributed by atoms with Crippen LogP contribution in [0.15, 0.2) is 200 Å². The van der Waals surface area contributed by atoms with E-state index in [4.69, 9.17) is 50.9 Å². The van der Waals surface area contributed by atoms with E-state index in [1.54, 1.807) is 12.4 Å². The normalized spacial score (nSPS) is 11.6. The maximum atomic E-state index is 10.7. The molecule has 0 amide bonds. The van der Waals surface area contributed by atoms with Gasteiger partial charge in [0, 0.05) is 55.8 Å². The Morgan fingerprint density at radius 3 is 0.872 bits per heavy atom. The van der Waals surface area contributed by atoms with Gasteiger partial charge in [-0.25, -0.2) is 41.8 Å². The third kappa shape index (κ3) is 12.6. The molecule has 12 rings (SSSR count). The van der Waals surface area contributed by atoms with Gasteiger partial charge in [0.05, 0.1) is 67.3 Å². The molecule has 0 spiro atoms. The van der Waals surface area contributed by atoms with Gasteiger partial charge in [0.25, 0.3) is 0 Å². The summed E-state index contributed by atoms with van der Waals surface area (Å²) in [6.07, 6.45) is 3.60. The van der Waals surface area contributed by atoms with Crippen molar-refractivity contribution in [2.24, 2.45) is 0 Å². The van der Waals surface area contributed by atoms with E-state index in [1.807, 2.05) is 66.7 Å². The van der Waals surface area contributed by atoms with Crippen molar-refractivity contribution in [1.29, 1.82) is 0 Å². The average Bonchev–Trinajstić information content (AvgIpc) is 3.48. The number of rotatable bonds is 4. The SMILES string of the molecule is O=S(=O)([O-])C(F)(F)F.O=S(=O)([O-])C(F)(F)F.[OH3+].[Zn+2].c1cc(-c2cccc(-c3c4ccccc4nc4ccccc34)n2)nc(-c2cccc(-c3c4ccccc4nc4ccccc34)n2)c1.c1cnc2c(c1)ccc1cccnc12. The van der Waals surface area contributed by atoms with Gasteiger partial charge in [0.1, 0.15) is 0 Å². The zero-order valence-corrected chi connectivity index (χ0v) is 44.6. The Bertz CT molecular complexity index is 4010. The molecule has 0 aliphatic rings. The molecule has 3 N–H and O–H groups in total. The number of hydrogen-bond acceptors (Lipinski definition) is 13. The number of benzene rings is 5. The Morgan fingerprint density at radius 2 is 0.590 bits per heavy atom. The van der Waals surface area contributed by atoms with Crippen LogP contribution in [0.2, 0.25) is 0 Å². The number of pyridine rings is 7. The van der Waals surface area contributed by atoms with Crippen molar-refractivity contribution in [3.63, 3.8) is 0 Å². The van der Waals surface area contributed by atoms with Crippen LogP contribution in [0.3, 0.4) is 0 Å². The third-order valence-corrected chi connectivity index (χ3v) is 12.5. The first-order valence-corrected chi connectivity index (χ1v) is 25.2. The molecule has 0 aliphatic carbocycles. The number of aromatic nitrogens is 7. The van der Waals surface area contributed by atoms with E-state index in [1.165, 1.54) is 0 Å². The van der Waals surface area contributed by atoms with Gasteiger partial charge < -0.3 is 14.6 Å². The molecule has 0 saturated carbocycles. The maximum absolute atomic E-state index is 10.7. The van der Waals surface area contributed by atoms with Crippen LogP contribution in [0.1, 0.15) is 0 Å². The summed E-state index contributed by atoms with van der Waals surface area (Å²) in [5, 5.41) is 6.57. The van der Waals surface area contributed by atoms with Crippen LogP contribution in [0.25, 0.3) is 111 Å². The zero-order chi connectivity index (χ0) is 53.8. The van der Waals surface area contributed by atoms with E-state index in [-0.39, 0.29) is 25.0 Å². The van der Waals surface area contributed by atoms with Crippen LogP contribution < -0.4 is 0 Å². The van der Waals surface area contributed by atoms with Crippen LogP contribution in [0.5, 0.6) is 0 Å². The number of hydrogen-bond donors (Lipinski definition) is 0. The molecule has 14 nitrogen and oxygen atoms in total. The van der Waals surface area contributed by atoms with Crippen molar-refractivity contribution >= 4 is 85.7 Å². The molecular weight excluding hydrogens is 1110 g/mol. The molecule has 5 aromatic carbocycles. The van der Waals surface area contributed by atoms with Gasteiger partial charge in [0.15, 0.2) is 20.2 Å². The Morgan fingerprint density at radius 1 is 0.333 bits per heavy atom. The topological polar surface area (TPSA) is 238 Å². The first kappa shape index (κ1) is 57.4. The minimum absolute atomic E-state index is 0. The summed E-state index contributed by atoms with van der Waals surface area (Å²) >= 11 is 0. The van der Waals surface area contributed by atoms with Gasteiger partial charge in [0.2, 0.25) is 0 Å². The van der Waals surface area contributed by atoms with E-state index >= 15 is 0 Å². The molecule has 0 aliphatic heterocycles. The number of nitrogens with zero attached hydrogens (tertiary/aromatic N) is 7. The van der Waals surface area contributed by atoms with Crippen molar-refractivity contribution in [2.75, 3.05) is 0 Å². The molecule has 7 aromatic heterocycles. The fourth-order valence-electron chi connectivity index (χ4n) is 8.06. The molecular formula is C55H36F6N7O7S2Zn+. The standard InChI is InChI=1S/C41H25N5.C12H8N2.2CHF3O3S.H2O.Zn/c1-5-16-30-26(12-1)40(27-13-2-6-17-31(27)42-30)38-24-10-22-36(45-38)34-20-9-21-35(44-34)37-23-11-25-39(46-37)41-28-14-3-7-18-32(28)43-33-19-8-4-15-29(33)41;1-3-9-5-6-10-4-2-8-14-12(10)11(9)13-7-1;2*2-1(3,4)8(5,6)7;;/h1-25H;1-8H;2*(H,5,6,7);1H2;/q;;;;;+2/p-1. The van der Waals surface area contributed by atoms with Crippen molar-refractivity contribution in [2.45, 2.75) is 11.0 Å². The Hall–Kier alpha value is -8.31. The summed E-state index contributed by atoms with van der Waals surface area (Å²) in [6.45, 7) is 0. The van der Waals surface area contributed by atoms with Crippen molar-refractivity contribution in [3.8, 4) is 45.3 Å². The van der Waals surface area contributed by atoms with E-state index in [0.29, 0.717) is 0 Å². The van der Waals surface area contributed by atoms with Crippen LogP contribution >= 0.6 is 0 Å². The van der Waals surface area contributed by atoms with Crippen LogP contribution in [-0.2, 0) is 45.2 Å². The zero-order valence-electron chi connectivity index (χ0n) is 40.0. The molecule has 388 valence electrons. The van der Waals surface area contributed by atoms with Crippen LogP contribution in [0.4, 0.5) is 26.3 Å². The molecule has 0 bridgehead atoms. The summed E-state index contributed by atoms with van der Waals surface area (Å²) in [6, 6.07) is 63.4. The Balaban J connectivity index is 0.000000224. The fourth-order valence-corrected chi connectivity index (χ4v) is 8.06. The molecule has 78 heavy (non-hydrogen) atoms. The van der Waals surface area contributed by atoms with E-state index in [2.05, 4.69) is 131 Å². The van der Waals surface area contributed by atoms with Crippen LogP contribution in [-0.4, -0.2) is 71.8 Å². The second-order valence-corrected chi connectivity index (χ2v) is 19.0. The molecule has 0 fully saturated rings. The third-order valence-electron chi connectivity index (χ3n) is 11.4. The largest absolute Gasteiger partial charge is 2.00 e. The second kappa shape index (κ2) is 23.5.